The summed E-state index contributed by atoms with van der Waals surface area (Å²) in [6, 6.07) is 7.95. The Morgan fingerprint density at radius 2 is 2.04 bits per heavy atom. The molecule has 0 saturated carbocycles. The number of Topliss-reactive ketones (excluding diaryl/α,β-unsaturated/α-hetero) is 1. The molecule has 0 atom stereocenters. The third kappa shape index (κ3) is 4.41. The lowest BCUT2D eigenvalue weighted by molar-refractivity contribution is -0.132. The van der Waals surface area contributed by atoms with Crippen molar-refractivity contribution in [3.63, 3.8) is 0 Å². The van der Waals surface area contributed by atoms with Crippen LogP contribution < -0.4 is 5.32 Å². The molecule has 1 amide bonds. The van der Waals surface area contributed by atoms with Crippen molar-refractivity contribution in [2.75, 3.05) is 18.4 Å². The Balaban J connectivity index is 1.41. The van der Waals surface area contributed by atoms with E-state index in [9.17, 15) is 9.59 Å². The zero-order chi connectivity index (χ0) is 16.8. The molecule has 0 aromatic carbocycles. The summed E-state index contributed by atoms with van der Waals surface area (Å²) >= 11 is 1.43. The summed E-state index contributed by atoms with van der Waals surface area (Å²) in [5.74, 6) is 0.145. The molecule has 1 aliphatic rings. The molecule has 126 valence electrons. The number of carbonyl (C=O) groups excluding carboxylic acids is 2. The minimum absolute atomic E-state index is 0.0616. The van der Waals surface area contributed by atoms with Crippen molar-refractivity contribution >= 4 is 28.7 Å². The molecule has 2 aromatic rings. The number of likely N-dealkylation sites (tertiary alicyclic amines) is 1. The van der Waals surface area contributed by atoms with Crippen LogP contribution in [0.2, 0.25) is 0 Å². The van der Waals surface area contributed by atoms with E-state index in [4.69, 9.17) is 0 Å². The summed E-state index contributed by atoms with van der Waals surface area (Å²) in [5, 5.41) is 5.34. The van der Waals surface area contributed by atoms with Crippen molar-refractivity contribution in [1.82, 2.24) is 9.88 Å². The van der Waals surface area contributed by atoms with E-state index < -0.39 is 0 Å². The van der Waals surface area contributed by atoms with E-state index in [2.05, 4.69) is 10.3 Å². The highest BCUT2D eigenvalue weighted by Crippen LogP contribution is 2.18. The zero-order valence-corrected chi connectivity index (χ0v) is 14.3. The average Bonchev–Trinajstić information content (AvgIpc) is 3.16. The van der Waals surface area contributed by atoms with Crippen LogP contribution in [0.3, 0.4) is 0 Å². The SMILES string of the molecule is O=C(CCC(=O)N1CCC(Nc2cccnc2)CC1)c1cccs1. The largest absolute Gasteiger partial charge is 0.381 e. The summed E-state index contributed by atoms with van der Waals surface area (Å²) < 4.78 is 0. The van der Waals surface area contributed by atoms with Gasteiger partial charge in [-0.05, 0) is 36.4 Å². The van der Waals surface area contributed by atoms with E-state index in [1.165, 1.54) is 11.3 Å². The number of ketones is 1. The minimum atomic E-state index is 0.0616. The maximum absolute atomic E-state index is 12.3. The maximum atomic E-state index is 12.3. The lowest BCUT2D eigenvalue weighted by Crippen LogP contribution is -2.42. The van der Waals surface area contributed by atoms with E-state index in [0.29, 0.717) is 18.9 Å². The fraction of sp³-hybridized carbons (Fsp3) is 0.389. The Morgan fingerprint density at radius 3 is 2.71 bits per heavy atom. The van der Waals surface area contributed by atoms with E-state index in [1.807, 2.05) is 40.7 Å². The van der Waals surface area contributed by atoms with Gasteiger partial charge in [0.25, 0.3) is 0 Å². The number of carbonyl (C=O) groups is 2. The van der Waals surface area contributed by atoms with Crippen LogP contribution >= 0.6 is 11.3 Å². The third-order valence-electron chi connectivity index (χ3n) is 4.24. The molecule has 5 nitrogen and oxygen atoms in total. The normalized spacial score (nSPS) is 15.2. The lowest BCUT2D eigenvalue weighted by Gasteiger charge is -2.33. The van der Waals surface area contributed by atoms with Crippen LogP contribution in [0.15, 0.2) is 42.0 Å². The van der Waals surface area contributed by atoms with Gasteiger partial charge in [-0.15, -0.1) is 11.3 Å². The number of nitrogens with one attached hydrogen (secondary N) is 1. The molecule has 2 aromatic heterocycles. The molecule has 6 heteroatoms. The molecule has 1 aliphatic heterocycles. The number of thiophene rings is 1. The van der Waals surface area contributed by atoms with Crippen molar-refractivity contribution in [2.45, 2.75) is 31.7 Å². The maximum Gasteiger partial charge on any atom is 0.223 e. The number of amides is 1. The molecule has 0 spiro atoms. The fourth-order valence-corrected chi connectivity index (χ4v) is 3.59. The van der Waals surface area contributed by atoms with Gasteiger partial charge in [0.15, 0.2) is 5.78 Å². The van der Waals surface area contributed by atoms with Gasteiger partial charge in [-0.1, -0.05) is 6.07 Å². The minimum Gasteiger partial charge on any atom is -0.381 e. The third-order valence-corrected chi connectivity index (χ3v) is 5.15. The van der Waals surface area contributed by atoms with Crippen LogP contribution in [0.1, 0.15) is 35.4 Å². The highest BCUT2D eigenvalue weighted by atomic mass is 32.1. The van der Waals surface area contributed by atoms with Crippen molar-refractivity contribution in [1.29, 1.82) is 0 Å². The predicted octanol–water partition coefficient (Wildman–Crippen LogP) is 3.21. The smallest absolute Gasteiger partial charge is 0.223 e. The molecule has 3 rings (SSSR count). The number of pyridine rings is 1. The molecule has 1 fully saturated rings. The molecule has 0 bridgehead atoms. The van der Waals surface area contributed by atoms with Crippen molar-refractivity contribution in [3.05, 3.63) is 46.9 Å². The Labute approximate surface area is 145 Å². The van der Waals surface area contributed by atoms with Gasteiger partial charge in [0.2, 0.25) is 5.91 Å². The Bertz CT molecular complexity index is 665. The van der Waals surface area contributed by atoms with Gasteiger partial charge in [0.1, 0.15) is 0 Å². The summed E-state index contributed by atoms with van der Waals surface area (Å²) in [4.78, 5) is 31.0. The first-order chi connectivity index (χ1) is 11.7. The first-order valence-corrected chi connectivity index (χ1v) is 9.11. The van der Waals surface area contributed by atoms with Crippen LogP contribution in [0.25, 0.3) is 0 Å². The van der Waals surface area contributed by atoms with Crippen LogP contribution in [0, 0.1) is 0 Å². The number of anilines is 1. The Kier molecular flexibility index (Phi) is 5.59. The summed E-state index contributed by atoms with van der Waals surface area (Å²) in [6.45, 7) is 1.48. The van der Waals surface area contributed by atoms with Gasteiger partial charge in [-0.2, -0.15) is 0 Å². The predicted molar refractivity (Wildman–Crippen MR) is 95.3 cm³/mol. The number of aromatic nitrogens is 1. The highest BCUT2D eigenvalue weighted by molar-refractivity contribution is 7.12. The molecular weight excluding hydrogens is 322 g/mol. The molecule has 3 heterocycles. The monoisotopic (exact) mass is 343 g/mol. The van der Waals surface area contributed by atoms with Crippen molar-refractivity contribution < 1.29 is 9.59 Å². The second-order valence-electron chi connectivity index (χ2n) is 5.94. The quantitative estimate of drug-likeness (QED) is 0.818. The first kappa shape index (κ1) is 16.6. The molecule has 0 aliphatic carbocycles. The number of rotatable bonds is 6. The number of hydrogen-bond donors (Lipinski definition) is 1. The van der Waals surface area contributed by atoms with E-state index in [0.717, 1.165) is 36.5 Å². The van der Waals surface area contributed by atoms with E-state index >= 15 is 0 Å². The molecule has 1 saturated heterocycles. The average molecular weight is 343 g/mol. The van der Waals surface area contributed by atoms with Crippen LogP contribution in [0.4, 0.5) is 5.69 Å². The van der Waals surface area contributed by atoms with Crippen LogP contribution in [-0.2, 0) is 4.79 Å². The highest BCUT2D eigenvalue weighted by Gasteiger charge is 2.23. The molecule has 1 N–H and O–H groups in total. The Hall–Kier alpha value is -2.21. The molecule has 0 unspecified atom stereocenters. The number of piperidine rings is 1. The van der Waals surface area contributed by atoms with Crippen molar-refractivity contribution in [3.8, 4) is 0 Å². The van der Waals surface area contributed by atoms with Gasteiger partial charge >= 0.3 is 0 Å². The van der Waals surface area contributed by atoms with Crippen molar-refractivity contribution in [2.24, 2.45) is 0 Å². The van der Waals surface area contributed by atoms with Gasteiger partial charge in [0.05, 0.1) is 10.6 Å². The van der Waals surface area contributed by atoms with Crippen LogP contribution in [-0.4, -0.2) is 40.7 Å². The summed E-state index contributed by atoms with van der Waals surface area (Å²) in [7, 11) is 0. The summed E-state index contributed by atoms with van der Waals surface area (Å²) in [6.07, 6.45) is 6.00. The standard InChI is InChI=1S/C18H21N3O2S/c22-16(17-4-2-12-24-17)5-6-18(23)21-10-7-14(8-11-21)20-15-3-1-9-19-13-15/h1-4,9,12-14,20H,5-8,10-11H2. The van der Waals surface area contributed by atoms with E-state index in [1.54, 1.807) is 6.20 Å². The topological polar surface area (TPSA) is 62.3 Å². The second kappa shape index (κ2) is 8.06. The fourth-order valence-electron chi connectivity index (χ4n) is 2.90. The van der Waals surface area contributed by atoms with Gasteiger partial charge < -0.3 is 10.2 Å². The molecular formula is C18H21N3O2S. The lowest BCUT2D eigenvalue weighted by atomic mass is 10.0. The van der Waals surface area contributed by atoms with E-state index in [-0.39, 0.29) is 11.7 Å². The number of hydrogen-bond acceptors (Lipinski definition) is 5. The first-order valence-electron chi connectivity index (χ1n) is 8.23. The zero-order valence-electron chi connectivity index (χ0n) is 13.5. The van der Waals surface area contributed by atoms with Gasteiger partial charge in [-0.3, -0.25) is 14.6 Å². The van der Waals surface area contributed by atoms with Gasteiger partial charge in [0, 0.05) is 44.4 Å². The molecule has 24 heavy (non-hydrogen) atoms. The second-order valence-corrected chi connectivity index (χ2v) is 6.89. The Morgan fingerprint density at radius 1 is 1.21 bits per heavy atom. The summed E-state index contributed by atoms with van der Waals surface area (Å²) in [5.41, 5.74) is 1.02. The van der Waals surface area contributed by atoms with Crippen LogP contribution in [0.5, 0.6) is 0 Å². The number of nitrogens with zero attached hydrogens (tertiary/aromatic N) is 2. The molecule has 0 radical (unpaired) electrons. The van der Waals surface area contributed by atoms with Gasteiger partial charge in [-0.25, -0.2) is 0 Å².